The highest BCUT2D eigenvalue weighted by atomic mass is 35.5. The van der Waals surface area contributed by atoms with Crippen LogP contribution in [0.2, 0.25) is 5.02 Å². The SMILES string of the molecule is CCOc1ccc(C(=O)Cc2cc(F)ccc2Cl)cc1. The molecule has 0 aliphatic rings. The van der Waals surface area contributed by atoms with E-state index in [1.165, 1.54) is 18.2 Å². The Hall–Kier alpha value is -1.87. The van der Waals surface area contributed by atoms with Crippen molar-refractivity contribution in [2.45, 2.75) is 13.3 Å². The van der Waals surface area contributed by atoms with Crippen molar-refractivity contribution in [1.29, 1.82) is 0 Å². The van der Waals surface area contributed by atoms with Crippen LogP contribution in [0, 0.1) is 5.82 Å². The van der Waals surface area contributed by atoms with Crippen LogP contribution in [0.5, 0.6) is 5.75 Å². The van der Waals surface area contributed by atoms with E-state index < -0.39 is 5.82 Å². The Morgan fingerprint density at radius 1 is 1.20 bits per heavy atom. The number of hydrogen-bond acceptors (Lipinski definition) is 2. The summed E-state index contributed by atoms with van der Waals surface area (Å²) < 4.78 is 18.5. The van der Waals surface area contributed by atoms with E-state index in [1.54, 1.807) is 24.3 Å². The molecule has 4 heteroatoms. The van der Waals surface area contributed by atoms with Gasteiger partial charge in [0, 0.05) is 17.0 Å². The lowest BCUT2D eigenvalue weighted by Crippen LogP contribution is -2.04. The van der Waals surface area contributed by atoms with E-state index in [2.05, 4.69) is 0 Å². The zero-order valence-electron chi connectivity index (χ0n) is 11.0. The normalized spacial score (nSPS) is 10.3. The second-order valence-corrected chi connectivity index (χ2v) is 4.70. The molecule has 2 aromatic carbocycles. The molecule has 2 nitrogen and oxygen atoms in total. The number of hydrogen-bond donors (Lipinski definition) is 0. The predicted molar refractivity (Wildman–Crippen MR) is 77.1 cm³/mol. The summed E-state index contributed by atoms with van der Waals surface area (Å²) in [6, 6.07) is 10.9. The molecule has 104 valence electrons. The third-order valence-corrected chi connectivity index (χ3v) is 3.21. The zero-order chi connectivity index (χ0) is 14.5. The van der Waals surface area contributed by atoms with Crippen molar-refractivity contribution in [1.82, 2.24) is 0 Å². The van der Waals surface area contributed by atoms with E-state index in [0.717, 1.165) is 0 Å². The standard InChI is InChI=1S/C16H14ClFO2/c1-2-20-14-6-3-11(4-7-14)16(19)10-12-9-13(18)5-8-15(12)17/h3-9H,2,10H2,1H3. The van der Waals surface area contributed by atoms with E-state index in [1.807, 2.05) is 6.92 Å². The lowest BCUT2D eigenvalue weighted by molar-refractivity contribution is 0.0993. The molecule has 0 heterocycles. The second-order valence-electron chi connectivity index (χ2n) is 4.29. The quantitative estimate of drug-likeness (QED) is 0.768. The van der Waals surface area contributed by atoms with Gasteiger partial charge in [-0.1, -0.05) is 11.6 Å². The number of rotatable bonds is 5. The maximum absolute atomic E-state index is 13.2. The molecule has 0 fully saturated rings. The van der Waals surface area contributed by atoms with Crippen molar-refractivity contribution < 1.29 is 13.9 Å². The molecule has 0 spiro atoms. The van der Waals surface area contributed by atoms with Crippen molar-refractivity contribution >= 4 is 17.4 Å². The Bertz CT molecular complexity index is 608. The summed E-state index contributed by atoms with van der Waals surface area (Å²) in [5, 5.41) is 0.394. The average molecular weight is 293 g/mol. The highest BCUT2D eigenvalue weighted by Crippen LogP contribution is 2.20. The molecule has 0 aliphatic heterocycles. The maximum atomic E-state index is 13.2. The van der Waals surface area contributed by atoms with Gasteiger partial charge in [-0.3, -0.25) is 4.79 Å². The van der Waals surface area contributed by atoms with E-state index in [-0.39, 0.29) is 12.2 Å². The van der Waals surface area contributed by atoms with Gasteiger partial charge in [0.05, 0.1) is 6.61 Å². The van der Waals surface area contributed by atoms with Gasteiger partial charge in [0.15, 0.2) is 5.78 Å². The minimum atomic E-state index is -0.399. The summed E-state index contributed by atoms with van der Waals surface area (Å²) >= 11 is 5.96. The fourth-order valence-corrected chi connectivity index (χ4v) is 2.04. The molecular weight excluding hydrogens is 279 g/mol. The Morgan fingerprint density at radius 2 is 1.90 bits per heavy atom. The van der Waals surface area contributed by atoms with Gasteiger partial charge in [-0.25, -0.2) is 4.39 Å². The molecule has 2 aromatic rings. The van der Waals surface area contributed by atoms with Crippen molar-refractivity contribution in [3.05, 3.63) is 64.4 Å². The summed E-state index contributed by atoms with van der Waals surface area (Å²) in [6.07, 6.45) is 0.0740. The van der Waals surface area contributed by atoms with Gasteiger partial charge < -0.3 is 4.74 Å². The molecule has 20 heavy (non-hydrogen) atoms. The smallest absolute Gasteiger partial charge is 0.167 e. The summed E-state index contributed by atoms with van der Waals surface area (Å²) in [6.45, 7) is 2.47. The molecule has 0 atom stereocenters. The average Bonchev–Trinajstić information content (AvgIpc) is 2.44. The molecule has 0 radical (unpaired) electrons. The van der Waals surface area contributed by atoms with Gasteiger partial charge in [0.25, 0.3) is 0 Å². The van der Waals surface area contributed by atoms with Crippen LogP contribution in [0.15, 0.2) is 42.5 Å². The number of ketones is 1. The van der Waals surface area contributed by atoms with Crippen molar-refractivity contribution in [2.75, 3.05) is 6.61 Å². The first-order valence-corrected chi connectivity index (χ1v) is 6.68. The highest BCUT2D eigenvalue weighted by Gasteiger charge is 2.10. The van der Waals surface area contributed by atoms with Crippen LogP contribution < -0.4 is 4.74 Å². The molecule has 0 saturated carbocycles. The van der Waals surface area contributed by atoms with Crippen LogP contribution in [0.4, 0.5) is 4.39 Å². The minimum Gasteiger partial charge on any atom is -0.494 e. The molecule has 2 rings (SSSR count). The van der Waals surface area contributed by atoms with Gasteiger partial charge in [-0.05, 0) is 55.0 Å². The molecule has 0 aliphatic carbocycles. The van der Waals surface area contributed by atoms with Gasteiger partial charge >= 0.3 is 0 Å². The number of Topliss-reactive ketones (excluding diaryl/α,β-unsaturated/α-hetero) is 1. The molecule has 0 amide bonds. The molecule has 0 unspecified atom stereocenters. The second kappa shape index (κ2) is 6.53. The largest absolute Gasteiger partial charge is 0.494 e. The van der Waals surface area contributed by atoms with Crippen molar-refractivity contribution in [2.24, 2.45) is 0 Å². The molecule has 0 N–H and O–H groups in total. The van der Waals surface area contributed by atoms with Gasteiger partial charge in [-0.2, -0.15) is 0 Å². The number of halogens is 2. The predicted octanol–water partition coefficient (Wildman–Crippen LogP) is 4.30. The lowest BCUT2D eigenvalue weighted by Gasteiger charge is -2.06. The zero-order valence-corrected chi connectivity index (χ0v) is 11.8. The number of ether oxygens (including phenoxy) is 1. The van der Waals surface area contributed by atoms with Crippen LogP contribution in [0.3, 0.4) is 0 Å². The van der Waals surface area contributed by atoms with E-state index in [9.17, 15) is 9.18 Å². The topological polar surface area (TPSA) is 26.3 Å². The summed E-state index contributed by atoms with van der Waals surface area (Å²) in [7, 11) is 0. The molecule has 0 bridgehead atoms. The molecule has 0 saturated heterocycles. The first-order valence-electron chi connectivity index (χ1n) is 6.30. The highest BCUT2D eigenvalue weighted by molar-refractivity contribution is 6.31. The van der Waals surface area contributed by atoms with Crippen LogP contribution in [-0.2, 0) is 6.42 Å². The van der Waals surface area contributed by atoms with Crippen LogP contribution in [-0.4, -0.2) is 12.4 Å². The first-order chi connectivity index (χ1) is 9.60. The molecule has 0 aromatic heterocycles. The summed E-state index contributed by atoms with van der Waals surface area (Å²) in [5.74, 6) is 0.206. The van der Waals surface area contributed by atoms with Gasteiger partial charge in [0.1, 0.15) is 11.6 Å². The van der Waals surface area contributed by atoms with Gasteiger partial charge in [-0.15, -0.1) is 0 Å². The monoisotopic (exact) mass is 292 g/mol. The minimum absolute atomic E-state index is 0.0740. The van der Waals surface area contributed by atoms with Gasteiger partial charge in [0.2, 0.25) is 0 Å². The van der Waals surface area contributed by atoms with Crippen LogP contribution in [0.25, 0.3) is 0 Å². The fraction of sp³-hybridized carbons (Fsp3) is 0.188. The number of benzene rings is 2. The number of carbonyl (C=O) groups excluding carboxylic acids is 1. The maximum Gasteiger partial charge on any atom is 0.167 e. The molecular formula is C16H14ClFO2. The fourth-order valence-electron chi connectivity index (χ4n) is 1.86. The van der Waals surface area contributed by atoms with Crippen molar-refractivity contribution in [3.63, 3.8) is 0 Å². The Balaban J connectivity index is 2.13. The van der Waals surface area contributed by atoms with E-state index >= 15 is 0 Å². The van der Waals surface area contributed by atoms with Crippen LogP contribution in [0.1, 0.15) is 22.8 Å². The third kappa shape index (κ3) is 3.58. The van der Waals surface area contributed by atoms with E-state index in [4.69, 9.17) is 16.3 Å². The summed E-state index contributed by atoms with van der Waals surface area (Å²) in [4.78, 5) is 12.1. The summed E-state index contributed by atoms with van der Waals surface area (Å²) in [5.41, 5.74) is 1.04. The third-order valence-electron chi connectivity index (χ3n) is 2.85. The lowest BCUT2D eigenvalue weighted by atomic mass is 10.0. The van der Waals surface area contributed by atoms with E-state index in [0.29, 0.717) is 28.5 Å². The first kappa shape index (κ1) is 14.5. The Labute approximate surface area is 122 Å². The Morgan fingerprint density at radius 3 is 2.55 bits per heavy atom. The Kier molecular flexibility index (Phi) is 4.74. The van der Waals surface area contributed by atoms with Crippen molar-refractivity contribution in [3.8, 4) is 5.75 Å². The number of carbonyl (C=O) groups is 1. The van der Waals surface area contributed by atoms with Crippen LogP contribution >= 0.6 is 11.6 Å².